The lowest BCUT2D eigenvalue weighted by atomic mass is 10.1. The molecule has 0 aromatic heterocycles. The van der Waals surface area contributed by atoms with Gasteiger partial charge in [0.05, 0.1) is 10.5 Å². The first-order chi connectivity index (χ1) is 12.7. The second-order valence-electron chi connectivity index (χ2n) is 5.89. The number of benzene rings is 2. The van der Waals surface area contributed by atoms with Gasteiger partial charge in [-0.15, -0.1) is 0 Å². The highest BCUT2D eigenvalue weighted by Crippen LogP contribution is 2.17. The normalized spacial score (nSPS) is 11.3. The molecule has 0 unspecified atom stereocenters. The zero-order valence-electron chi connectivity index (χ0n) is 15.1. The molecule has 2 N–H and O–H groups in total. The number of sulfonamides is 1. The van der Waals surface area contributed by atoms with Crippen LogP contribution in [0.25, 0.3) is 0 Å². The molecule has 0 fully saturated rings. The zero-order chi connectivity index (χ0) is 20.2. The Morgan fingerprint density at radius 3 is 2.15 bits per heavy atom. The highest BCUT2D eigenvalue weighted by Gasteiger charge is 2.21. The number of carbonyl (C=O) groups excluding carboxylic acids is 2. The molecule has 7 nitrogen and oxygen atoms in total. The summed E-state index contributed by atoms with van der Waals surface area (Å²) < 4.78 is 39.2. The number of hydrogen-bond donors (Lipinski definition) is 2. The van der Waals surface area contributed by atoms with E-state index in [1.54, 1.807) is 24.3 Å². The summed E-state index contributed by atoms with van der Waals surface area (Å²) in [6, 6.07) is 9.64. The van der Waals surface area contributed by atoms with Crippen LogP contribution in [0.4, 0.5) is 4.39 Å². The third-order valence-electron chi connectivity index (χ3n) is 3.87. The molecule has 0 bridgehead atoms. The topological polar surface area (TPSA) is 95.6 Å². The van der Waals surface area contributed by atoms with E-state index in [9.17, 15) is 22.4 Å². The van der Waals surface area contributed by atoms with Gasteiger partial charge in [0.1, 0.15) is 5.82 Å². The van der Waals surface area contributed by atoms with Crippen LogP contribution in [-0.4, -0.2) is 38.6 Å². The van der Waals surface area contributed by atoms with Crippen molar-refractivity contribution in [1.82, 2.24) is 15.2 Å². The molecule has 0 aliphatic heterocycles. The summed E-state index contributed by atoms with van der Waals surface area (Å²) in [5.41, 5.74) is 5.13. The standard InChI is InChI=1S/C18H20FN3O4S/c1-4-12-5-7-13(8-6-12)17(23)20-21-18(24)15-11-14(9-10-16(15)19)27(25,26)22(2)3/h5-11H,4H2,1-3H3,(H,20,23)(H,21,24). The van der Waals surface area contributed by atoms with Gasteiger partial charge in [-0.2, -0.15) is 0 Å². The minimum absolute atomic E-state index is 0.236. The fraction of sp³-hybridized carbons (Fsp3) is 0.222. The first-order valence-corrected chi connectivity index (χ1v) is 9.52. The van der Waals surface area contributed by atoms with Gasteiger partial charge in [0, 0.05) is 19.7 Å². The van der Waals surface area contributed by atoms with Crippen LogP contribution in [-0.2, 0) is 16.4 Å². The molecule has 0 saturated carbocycles. The van der Waals surface area contributed by atoms with Crippen LogP contribution in [0.1, 0.15) is 33.2 Å². The molecule has 0 spiro atoms. The summed E-state index contributed by atoms with van der Waals surface area (Å²) in [5.74, 6) is -2.46. The van der Waals surface area contributed by atoms with Crippen LogP contribution >= 0.6 is 0 Å². The van der Waals surface area contributed by atoms with E-state index in [0.29, 0.717) is 5.56 Å². The fourth-order valence-electron chi connectivity index (χ4n) is 2.19. The Morgan fingerprint density at radius 1 is 1.00 bits per heavy atom. The number of aryl methyl sites for hydroxylation is 1. The van der Waals surface area contributed by atoms with Gasteiger partial charge in [-0.05, 0) is 42.3 Å². The van der Waals surface area contributed by atoms with E-state index in [1.807, 2.05) is 6.92 Å². The van der Waals surface area contributed by atoms with Gasteiger partial charge in [0.2, 0.25) is 10.0 Å². The quantitative estimate of drug-likeness (QED) is 0.756. The lowest BCUT2D eigenvalue weighted by Crippen LogP contribution is -2.42. The van der Waals surface area contributed by atoms with Gasteiger partial charge in [0.25, 0.3) is 11.8 Å². The van der Waals surface area contributed by atoms with Crippen LogP contribution in [0.2, 0.25) is 0 Å². The van der Waals surface area contributed by atoms with Crippen LogP contribution in [0.15, 0.2) is 47.4 Å². The van der Waals surface area contributed by atoms with Gasteiger partial charge < -0.3 is 0 Å². The first kappa shape index (κ1) is 20.5. The number of carbonyl (C=O) groups is 2. The van der Waals surface area contributed by atoms with Crippen molar-refractivity contribution in [2.45, 2.75) is 18.2 Å². The van der Waals surface area contributed by atoms with Crippen LogP contribution in [0.5, 0.6) is 0 Å². The summed E-state index contributed by atoms with van der Waals surface area (Å²) in [7, 11) is -1.19. The fourth-order valence-corrected chi connectivity index (χ4v) is 3.12. The summed E-state index contributed by atoms with van der Waals surface area (Å²) in [6.45, 7) is 1.98. The Balaban J connectivity index is 2.14. The van der Waals surface area contributed by atoms with E-state index in [1.165, 1.54) is 14.1 Å². The third kappa shape index (κ3) is 4.69. The summed E-state index contributed by atoms with van der Waals surface area (Å²) in [4.78, 5) is 24.0. The van der Waals surface area contributed by atoms with Crippen molar-refractivity contribution in [3.05, 3.63) is 65.0 Å². The van der Waals surface area contributed by atoms with E-state index in [4.69, 9.17) is 0 Å². The molecule has 2 aromatic carbocycles. The summed E-state index contributed by atoms with van der Waals surface area (Å²) in [6.07, 6.45) is 0.824. The molecule has 9 heteroatoms. The highest BCUT2D eigenvalue weighted by molar-refractivity contribution is 7.89. The van der Waals surface area contributed by atoms with Gasteiger partial charge in [-0.3, -0.25) is 20.4 Å². The molecule has 2 aromatic rings. The lowest BCUT2D eigenvalue weighted by molar-refractivity contribution is 0.0844. The molecule has 0 atom stereocenters. The second-order valence-corrected chi connectivity index (χ2v) is 8.04. The van der Waals surface area contributed by atoms with E-state index in [-0.39, 0.29) is 4.90 Å². The van der Waals surface area contributed by atoms with Crippen LogP contribution in [0, 0.1) is 5.82 Å². The molecule has 2 rings (SSSR count). The molecule has 144 valence electrons. The van der Waals surface area contributed by atoms with Crippen molar-refractivity contribution < 1.29 is 22.4 Å². The molecule has 0 aliphatic carbocycles. The average Bonchev–Trinajstić information content (AvgIpc) is 2.65. The number of rotatable bonds is 5. The number of halogens is 1. The Labute approximate surface area is 157 Å². The molecule has 0 aliphatic rings. The molecular weight excluding hydrogens is 373 g/mol. The summed E-state index contributed by atoms with van der Waals surface area (Å²) in [5, 5.41) is 0. The van der Waals surface area contributed by atoms with Crippen molar-refractivity contribution in [3.8, 4) is 0 Å². The van der Waals surface area contributed by atoms with Gasteiger partial charge in [-0.25, -0.2) is 17.1 Å². The average molecular weight is 393 g/mol. The van der Waals surface area contributed by atoms with E-state index in [0.717, 1.165) is 34.5 Å². The largest absolute Gasteiger partial charge is 0.272 e. The molecular formula is C18H20FN3O4S. The number of hydrazine groups is 1. The molecule has 0 heterocycles. The van der Waals surface area contributed by atoms with Crippen LogP contribution < -0.4 is 10.9 Å². The van der Waals surface area contributed by atoms with Crippen LogP contribution in [0.3, 0.4) is 0 Å². The molecule has 2 amide bonds. The molecule has 0 saturated heterocycles. The number of amides is 2. The smallest absolute Gasteiger partial charge is 0.267 e. The third-order valence-corrected chi connectivity index (χ3v) is 5.69. The lowest BCUT2D eigenvalue weighted by Gasteiger charge is -2.13. The second kappa shape index (κ2) is 8.28. The Bertz CT molecular complexity index is 957. The minimum Gasteiger partial charge on any atom is -0.267 e. The summed E-state index contributed by atoms with van der Waals surface area (Å²) >= 11 is 0. The van der Waals surface area contributed by atoms with Gasteiger partial charge in [-0.1, -0.05) is 19.1 Å². The Kier molecular flexibility index (Phi) is 6.29. The Morgan fingerprint density at radius 2 is 1.59 bits per heavy atom. The SMILES string of the molecule is CCc1ccc(C(=O)NNC(=O)c2cc(S(=O)(=O)N(C)C)ccc2F)cc1. The predicted molar refractivity (Wildman–Crippen MR) is 98.0 cm³/mol. The van der Waals surface area contributed by atoms with Crippen molar-refractivity contribution >= 4 is 21.8 Å². The van der Waals surface area contributed by atoms with Crippen molar-refractivity contribution in [2.24, 2.45) is 0 Å². The van der Waals surface area contributed by atoms with Gasteiger partial charge >= 0.3 is 0 Å². The van der Waals surface area contributed by atoms with Crippen molar-refractivity contribution in [1.29, 1.82) is 0 Å². The maximum Gasteiger partial charge on any atom is 0.272 e. The number of nitrogens with one attached hydrogen (secondary N) is 2. The zero-order valence-corrected chi connectivity index (χ0v) is 15.9. The number of nitrogens with zero attached hydrogens (tertiary/aromatic N) is 1. The van der Waals surface area contributed by atoms with E-state index < -0.39 is 33.2 Å². The van der Waals surface area contributed by atoms with Crippen molar-refractivity contribution in [2.75, 3.05) is 14.1 Å². The molecule has 27 heavy (non-hydrogen) atoms. The van der Waals surface area contributed by atoms with Gasteiger partial charge in [0.15, 0.2) is 0 Å². The maximum absolute atomic E-state index is 14.0. The predicted octanol–water partition coefficient (Wildman–Crippen LogP) is 1.71. The highest BCUT2D eigenvalue weighted by atomic mass is 32.2. The monoisotopic (exact) mass is 393 g/mol. The molecule has 0 radical (unpaired) electrons. The first-order valence-electron chi connectivity index (χ1n) is 8.08. The maximum atomic E-state index is 14.0. The van der Waals surface area contributed by atoms with E-state index >= 15 is 0 Å². The van der Waals surface area contributed by atoms with Crippen molar-refractivity contribution in [3.63, 3.8) is 0 Å². The van der Waals surface area contributed by atoms with E-state index in [2.05, 4.69) is 10.9 Å². The minimum atomic E-state index is -3.83. The number of hydrogen-bond acceptors (Lipinski definition) is 4. The Hall–Kier alpha value is -2.78.